The van der Waals surface area contributed by atoms with Crippen LogP contribution in [0, 0.1) is 13.8 Å². The van der Waals surface area contributed by atoms with Gasteiger partial charge in [-0.05, 0) is 24.8 Å². The van der Waals surface area contributed by atoms with Crippen molar-refractivity contribution in [2.24, 2.45) is 0 Å². The molecule has 1 nitrogen and oxygen atoms in total. The van der Waals surface area contributed by atoms with Crippen molar-refractivity contribution >= 4 is 10.8 Å². The summed E-state index contributed by atoms with van der Waals surface area (Å²) in [5.41, 5.74) is 2.06. The molecule has 1 aromatic heterocycles. The van der Waals surface area contributed by atoms with Crippen molar-refractivity contribution < 1.29 is 0 Å². The number of pyridine rings is 1. The molecule has 0 aliphatic carbocycles. The molecule has 1 heterocycles. The van der Waals surface area contributed by atoms with Crippen molar-refractivity contribution in [3.8, 4) is 0 Å². The van der Waals surface area contributed by atoms with Crippen LogP contribution in [0.3, 0.4) is 0 Å². The fourth-order valence-corrected chi connectivity index (χ4v) is 1.39. The Morgan fingerprint density at radius 3 is 2.50 bits per heavy atom. The van der Waals surface area contributed by atoms with Gasteiger partial charge in [0.15, 0.2) is 0 Å². The van der Waals surface area contributed by atoms with E-state index < -0.39 is 0 Å². The monoisotopic (exact) mass is 156 g/mol. The summed E-state index contributed by atoms with van der Waals surface area (Å²) in [6.45, 7) is 5.94. The normalized spacial score (nSPS) is 10.5. The summed E-state index contributed by atoms with van der Waals surface area (Å²) in [4.78, 5) is 4.20. The maximum Gasteiger partial charge on any atom is 0.0485 e. The molecule has 0 amide bonds. The van der Waals surface area contributed by atoms with Gasteiger partial charge in [0.2, 0.25) is 0 Å². The van der Waals surface area contributed by atoms with Crippen LogP contribution in [0.25, 0.3) is 10.8 Å². The minimum absolute atomic E-state index is 0.858. The number of aromatic nitrogens is 1. The van der Waals surface area contributed by atoms with Crippen molar-refractivity contribution in [2.45, 2.75) is 6.92 Å². The van der Waals surface area contributed by atoms with Crippen molar-refractivity contribution in [1.82, 2.24) is 4.98 Å². The number of fused-ring (bicyclic) bond motifs is 1. The molecular formula is C11H10N. The second kappa shape index (κ2) is 2.59. The zero-order chi connectivity index (χ0) is 8.55. The molecule has 0 saturated carbocycles. The highest BCUT2D eigenvalue weighted by molar-refractivity contribution is 5.87. The predicted molar refractivity (Wildman–Crippen MR) is 50.9 cm³/mol. The van der Waals surface area contributed by atoms with Crippen LogP contribution in [-0.2, 0) is 0 Å². The van der Waals surface area contributed by atoms with Gasteiger partial charge < -0.3 is 0 Å². The summed E-state index contributed by atoms with van der Waals surface area (Å²) in [5.74, 6) is 0. The van der Waals surface area contributed by atoms with E-state index in [0.29, 0.717) is 0 Å². The molecule has 2 aromatic rings. The first kappa shape index (κ1) is 7.29. The van der Waals surface area contributed by atoms with Gasteiger partial charge in [-0.1, -0.05) is 24.3 Å². The summed E-state index contributed by atoms with van der Waals surface area (Å²) < 4.78 is 0. The van der Waals surface area contributed by atoms with Gasteiger partial charge in [0, 0.05) is 17.3 Å². The van der Waals surface area contributed by atoms with Crippen LogP contribution in [0.15, 0.2) is 30.5 Å². The molecular weight excluding hydrogens is 146 g/mol. The van der Waals surface area contributed by atoms with E-state index in [0.717, 1.165) is 11.1 Å². The zero-order valence-electron chi connectivity index (χ0n) is 7.04. The highest BCUT2D eigenvalue weighted by Crippen LogP contribution is 2.18. The average Bonchev–Trinajstić information content (AvgIpc) is 2.12. The van der Waals surface area contributed by atoms with E-state index in [2.05, 4.69) is 31.0 Å². The molecule has 1 radical (unpaired) electrons. The second-order valence-electron chi connectivity index (χ2n) is 2.93. The molecule has 0 fully saturated rings. The smallest absolute Gasteiger partial charge is 0.0485 e. The Morgan fingerprint density at radius 1 is 1.17 bits per heavy atom. The van der Waals surface area contributed by atoms with E-state index >= 15 is 0 Å². The van der Waals surface area contributed by atoms with Crippen LogP contribution in [0.4, 0.5) is 0 Å². The summed E-state index contributed by atoms with van der Waals surface area (Å²) in [5, 5.41) is 2.40. The van der Waals surface area contributed by atoms with Crippen molar-refractivity contribution in [1.29, 1.82) is 0 Å². The van der Waals surface area contributed by atoms with Gasteiger partial charge in [-0.3, -0.25) is 4.98 Å². The maximum atomic E-state index is 4.20. The Hall–Kier alpha value is -1.37. The van der Waals surface area contributed by atoms with Gasteiger partial charge in [0.05, 0.1) is 0 Å². The lowest BCUT2D eigenvalue weighted by Gasteiger charge is -2.02. The van der Waals surface area contributed by atoms with Crippen molar-refractivity contribution in [3.63, 3.8) is 0 Å². The van der Waals surface area contributed by atoms with Gasteiger partial charge in [-0.2, -0.15) is 0 Å². The fraction of sp³-hybridized carbons (Fsp3) is 0.0909. The third kappa shape index (κ3) is 0.981. The number of nitrogens with zero attached hydrogens (tertiary/aromatic N) is 1. The largest absolute Gasteiger partial charge is 0.260 e. The standard InChI is InChI=1S/C11H10N/c1-8-7-12-9(2)11-6-4-3-5-10(8)11/h3-7H,2H2,1H3. The van der Waals surface area contributed by atoms with Crippen molar-refractivity contribution in [3.05, 3.63) is 48.6 Å². The third-order valence-corrected chi connectivity index (χ3v) is 2.08. The quantitative estimate of drug-likeness (QED) is 0.571. The molecule has 1 heteroatoms. The molecule has 0 atom stereocenters. The first-order valence-electron chi connectivity index (χ1n) is 3.95. The molecule has 0 spiro atoms. The fourth-order valence-electron chi connectivity index (χ4n) is 1.39. The van der Waals surface area contributed by atoms with Crippen LogP contribution in [0.5, 0.6) is 0 Å². The molecule has 12 heavy (non-hydrogen) atoms. The van der Waals surface area contributed by atoms with Crippen molar-refractivity contribution in [2.75, 3.05) is 0 Å². The maximum absolute atomic E-state index is 4.20. The zero-order valence-corrected chi connectivity index (χ0v) is 7.04. The summed E-state index contributed by atoms with van der Waals surface area (Å²) >= 11 is 0. The third-order valence-electron chi connectivity index (χ3n) is 2.08. The molecule has 59 valence electrons. The Labute approximate surface area is 72.1 Å². The Balaban J connectivity index is 2.95. The molecule has 0 aliphatic rings. The lowest BCUT2D eigenvalue weighted by atomic mass is 10.1. The molecule has 0 N–H and O–H groups in total. The lowest BCUT2D eigenvalue weighted by Crippen LogP contribution is -1.86. The first-order valence-corrected chi connectivity index (χ1v) is 3.95. The highest BCUT2D eigenvalue weighted by Gasteiger charge is 1.98. The molecule has 1 aromatic carbocycles. The van der Waals surface area contributed by atoms with Crippen LogP contribution in [-0.4, -0.2) is 4.98 Å². The Morgan fingerprint density at radius 2 is 1.83 bits per heavy atom. The predicted octanol–water partition coefficient (Wildman–Crippen LogP) is 2.73. The number of rotatable bonds is 0. The number of hydrogen-bond donors (Lipinski definition) is 0. The molecule has 0 bridgehead atoms. The van der Waals surface area contributed by atoms with E-state index in [1.165, 1.54) is 10.9 Å². The minimum Gasteiger partial charge on any atom is -0.260 e. The van der Waals surface area contributed by atoms with Gasteiger partial charge in [0.1, 0.15) is 0 Å². The number of hydrogen-bond acceptors (Lipinski definition) is 1. The molecule has 0 saturated heterocycles. The van der Waals surface area contributed by atoms with Crippen LogP contribution >= 0.6 is 0 Å². The molecule has 0 unspecified atom stereocenters. The average molecular weight is 156 g/mol. The Kier molecular flexibility index (Phi) is 1.58. The van der Waals surface area contributed by atoms with E-state index in [4.69, 9.17) is 0 Å². The number of benzene rings is 1. The lowest BCUT2D eigenvalue weighted by molar-refractivity contribution is 1.26. The molecule has 0 aliphatic heterocycles. The Bertz CT molecular complexity index is 378. The van der Waals surface area contributed by atoms with E-state index in [9.17, 15) is 0 Å². The van der Waals surface area contributed by atoms with Crippen LogP contribution < -0.4 is 0 Å². The van der Waals surface area contributed by atoms with E-state index in [1.54, 1.807) is 0 Å². The SMILES string of the molecule is [CH2]c1ncc(C)c2ccccc12. The van der Waals surface area contributed by atoms with Gasteiger partial charge in [-0.25, -0.2) is 0 Å². The van der Waals surface area contributed by atoms with Gasteiger partial charge in [-0.15, -0.1) is 0 Å². The van der Waals surface area contributed by atoms with Gasteiger partial charge >= 0.3 is 0 Å². The first-order chi connectivity index (χ1) is 5.79. The highest BCUT2D eigenvalue weighted by atomic mass is 14.7. The second-order valence-corrected chi connectivity index (χ2v) is 2.93. The summed E-state index contributed by atoms with van der Waals surface area (Å²) in [6, 6.07) is 8.20. The summed E-state index contributed by atoms with van der Waals surface area (Å²) in [7, 11) is 0. The van der Waals surface area contributed by atoms with Crippen LogP contribution in [0.1, 0.15) is 11.3 Å². The topological polar surface area (TPSA) is 12.9 Å². The summed E-state index contributed by atoms with van der Waals surface area (Å²) in [6.07, 6.45) is 1.87. The van der Waals surface area contributed by atoms with Gasteiger partial charge in [0.25, 0.3) is 0 Å². The van der Waals surface area contributed by atoms with E-state index in [-0.39, 0.29) is 0 Å². The molecule has 2 rings (SSSR count). The number of aryl methyl sites for hydroxylation is 1. The van der Waals surface area contributed by atoms with Crippen LogP contribution in [0.2, 0.25) is 0 Å². The van der Waals surface area contributed by atoms with E-state index in [1.807, 2.05) is 18.3 Å². The minimum atomic E-state index is 0.858.